The minimum absolute atomic E-state index is 0.244. The molecule has 0 aliphatic rings. The molecule has 1 amide bonds. The van der Waals surface area contributed by atoms with E-state index in [-0.39, 0.29) is 6.54 Å². The fourth-order valence-corrected chi connectivity index (χ4v) is 1.87. The molecule has 1 N–H and O–H groups in total. The van der Waals surface area contributed by atoms with Gasteiger partial charge in [0.25, 0.3) is 0 Å². The maximum Gasteiger partial charge on any atom is 0.408 e. The number of amides is 1. The molecular formula is C14H15Br2NO2. The first-order valence-corrected chi connectivity index (χ1v) is 7.27. The van der Waals surface area contributed by atoms with Gasteiger partial charge in [-0.25, -0.2) is 4.79 Å². The quantitative estimate of drug-likeness (QED) is 0.736. The van der Waals surface area contributed by atoms with Crippen molar-refractivity contribution in [1.82, 2.24) is 5.32 Å². The van der Waals surface area contributed by atoms with E-state index in [1.807, 2.05) is 39.0 Å². The zero-order valence-electron chi connectivity index (χ0n) is 11.0. The number of benzene rings is 1. The van der Waals surface area contributed by atoms with Crippen molar-refractivity contribution in [1.29, 1.82) is 0 Å². The zero-order valence-corrected chi connectivity index (χ0v) is 14.2. The van der Waals surface area contributed by atoms with E-state index in [0.717, 1.165) is 14.5 Å². The van der Waals surface area contributed by atoms with Gasteiger partial charge < -0.3 is 10.1 Å². The Labute approximate surface area is 130 Å². The molecule has 0 radical (unpaired) electrons. The first-order valence-electron chi connectivity index (χ1n) is 5.69. The van der Waals surface area contributed by atoms with Crippen molar-refractivity contribution in [2.75, 3.05) is 6.54 Å². The maximum absolute atomic E-state index is 11.4. The summed E-state index contributed by atoms with van der Waals surface area (Å²) < 4.78 is 6.97. The van der Waals surface area contributed by atoms with Gasteiger partial charge in [0.2, 0.25) is 0 Å². The van der Waals surface area contributed by atoms with Crippen LogP contribution in [0, 0.1) is 11.8 Å². The SMILES string of the molecule is CC(C)(C)OC(=O)NCC#Cc1cc(Br)ccc1Br. The van der Waals surface area contributed by atoms with Crippen LogP contribution in [0.5, 0.6) is 0 Å². The molecule has 0 saturated heterocycles. The predicted octanol–water partition coefficient (Wildman–Crippen LogP) is 4.09. The fraction of sp³-hybridized carbons (Fsp3) is 0.357. The number of hydrogen-bond donors (Lipinski definition) is 1. The van der Waals surface area contributed by atoms with Crippen molar-refractivity contribution in [3.63, 3.8) is 0 Å². The van der Waals surface area contributed by atoms with Gasteiger partial charge in [-0.05, 0) is 54.9 Å². The summed E-state index contributed by atoms with van der Waals surface area (Å²) in [6, 6.07) is 5.74. The van der Waals surface area contributed by atoms with Crippen LogP contribution < -0.4 is 5.32 Å². The third kappa shape index (κ3) is 6.65. The van der Waals surface area contributed by atoms with Crippen molar-refractivity contribution in [3.8, 4) is 11.8 Å². The number of rotatable bonds is 1. The highest BCUT2D eigenvalue weighted by Crippen LogP contribution is 2.20. The second kappa shape index (κ2) is 6.97. The van der Waals surface area contributed by atoms with E-state index in [2.05, 4.69) is 49.0 Å². The van der Waals surface area contributed by atoms with Gasteiger partial charge in [0.15, 0.2) is 0 Å². The van der Waals surface area contributed by atoms with Crippen molar-refractivity contribution in [2.45, 2.75) is 26.4 Å². The summed E-state index contributed by atoms with van der Waals surface area (Å²) in [5.74, 6) is 5.85. The Morgan fingerprint density at radius 1 is 1.37 bits per heavy atom. The Balaban J connectivity index is 2.52. The Kier molecular flexibility index (Phi) is 5.89. The molecule has 19 heavy (non-hydrogen) atoms. The van der Waals surface area contributed by atoms with Crippen LogP contribution in [-0.2, 0) is 4.74 Å². The first-order chi connectivity index (χ1) is 8.78. The number of halogens is 2. The van der Waals surface area contributed by atoms with E-state index < -0.39 is 11.7 Å². The highest BCUT2D eigenvalue weighted by atomic mass is 79.9. The minimum Gasteiger partial charge on any atom is -0.444 e. The lowest BCUT2D eigenvalue weighted by Gasteiger charge is -2.19. The number of carbonyl (C=O) groups is 1. The molecular weight excluding hydrogens is 374 g/mol. The normalized spacial score (nSPS) is 10.4. The van der Waals surface area contributed by atoms with E-state index in [0.29, 0.717) is 0 Å². The molecule has 102 valence electrons. The highest BCUT2D eigenvalue weighted by molar-refractivity contribution is 9.11. The topological polar surface area (TPSA) is 38.3 Å². The monoisotopic (exact) mass is 387 g/mol. The summed E-state index contributed by atoms with van der Waals surface area (Å²) in [5.41, 5.74) is 0.366. The first kappa shape index (κ1) is 16.1. The number of alkyl carbamates (subject to hydrolysis) is 1. The lowest BCUT2D eigenvalue weighted by molar-refractivity contribution is 0.0535. The molecule has 0 aliphatic carbocycles. The van der Waals surface area contributed by atoms with Crippen LogP contribution in [0.1, 0.15) is 26.3 Å². The average Bonchev–Trinajstić information content (AvgIpc) is 2.26. The van der Waals surface area contributed by atoms with Crippen LogP contribution in [-0.4, -0.2) is 18.2 Å². The molecule has 3 nitrogen and oxygen atoms in total. The second-order valence-corrected chi connectivity index (χ2v) is 6.55. The summed E-state index contributed by atoms with van der Waals surface area (Å²) in [4.78, 5) is 11.4. The maximum atomic E-state index is 11.4. The zero-order chi connectivity index (χ0) is 14.5. The number of nitrogens with one attached hydrogen (secondary N) is 1. The molecule has 0 unspecified atom stereocenters. The number of carbonyl (C=O) groups excluding carboxylic acids is 1. The Bertz CT molecular complexity index is 524. The lowest BCUT2D eigenvalue weighted by atomic mass is 10.2. The molecule has 0 saturated carbocycles. The molecule has 0 spiro atoms. The van der Waals surface area contributed by atoms with Crippen LogP contribution in [0.15, 0.2) is 27.1 Å². The van der Waals surface area contributed by atoms with Gasteiger partial charge >= 0.3 is 6.09 Å². The van der Waals surface area contributed by atoms with Crippen molar-refractivity contribution in [2.24, 2.45) is 0 Å². The lowest BCUT2D eigenvalue weighted by Crippen LogP contribution is -2.32. The molecule has 0 fully saturated rings. The Morgan fingerprint density at radius 3 is 2.68 bits per heavy atom. The largest absolute Gasteiger partial charge is 0.444 e. The molecule has 0 heterocycles. The minimum atomic E-state index is -0.495. The predicted molar refractivity (Wildman–Crippen MR) is 83.0 cm³/mol. The van der Waals surface area contributed by atoms with E-state index in [1.165, 1.54) is 0 Å². The Morgan fingerprint density at radius 2 is 2.05 bits per heavy atom. The summed E-state index contributed by atoms with van der Waals surface area (Å²) in [6.07, 6.45) is -0.463. The third-order valence-corrected chi connectivity index (χ3v) is 3.06. The standard InChI is InChI=1S/C14H15Br2NO2/c1-14(2,3)19-13(18)17-8-4-5-10-9-11(15)6-7-12(10)16/h6-7,9H,8H2,1-3H3,(H,17,18). The Hall–Kier alpha value is -0.990. The third-order valence-electron chi connectivity index (χ3n) is 1.87. The molecule has 0 aliphatic heterocycles. The van der Waals surface area contributed by atoms with Crippen LogP contribution in [0.3, 0.4) is 0 Å². The van der Waals surface area contributed by atoms with Gasteiger partial charge in [-0.2, -0.15) is 0 Å². The summed E-state index contributed by atoms with van der Waals surface area (Å²) in [5, 5.41) is 2.58. The molecule has 1 aromatic rings. The van der Waals surface area contributed by atoms with Gasteiger partial charge in [-0.3, -0.25) is 0 Å². The molecule has 1 rings (SSSR count). The van der Waals surface area contributed by atoms with E-state index in [9.17, 15) is 4.79 Å². The van der Waals surface area contributed by atoms with E-state index in [1.54, 1.807) is 0 Å². The molecule has 0 atom stereocenters. The number of ether oxygens (including phenoxy) is 1. The smallest absolute Gasteiger partial charge is 0.408 e. The van der Waals surface area contributed by atoms with Crippen molar-refractivity contribution in [3.05, 3.63) is 32.7 Å². The summed E-state index contributed by atoms with van der Waals surface area (Å²) in [6.45, 7) is 5.69. The second-order valence-electron chi connectivity index (χ2n) is 4.78. The number of hydrogen-bond acceptors (Lipinski definition) is 2. The van der Waals surface area contributed by atoms with Crippen molar-refractivity contribution < 1.29 is 9.53 Å². The van der Waals surface area contributed by atoms with Gasteiger partial charge in [-0.15, -0.1) is 0 Å². The van der Waals surface area contributed by atoms with Crippen LogP contribution >= 0.6 is 31.9 Å². The van der Waals surface area contributed by atoms with E-state index in [4.69, 9.17) is 4.74 Å². The summed E-state index contributed by atoms with van der Waals surface area (Å²) >= 11 is 6.80. The molecule has 0 aromatic heterocycles. The van der Waals surface area contributed by atoms with Crippen molar-refractivity contribution >= 4 is 38.0 Å². The van der Waals surface area contributed by atoms with Crippen LogP contribution in [0.2, 0.25) is 0 Å². The van der Waals surface area contributed by atoms with Gasteiger partial charge in [0.1, 0.15) is 5.60 Å². The van der Waals surface area contributed by atoms with Crippen LogP contribution in [0.4, 0.5) is 4.79 Å². The highest BCUT2D eigenvalue weighted by Gasteiger charge is 2.14. The molecule has 5 heteroatoms. The average molecular weight is 389 g/mol. The molecule has 1 aromatic carbocycles. The van der Waals surface area contributed by atoms with Gasteiger partial charge in [0, 0.05) is 14.5 Å². The fourth-order valence-electron chi connectivity index (χ4n) is 1.16. The van der Waals surface area contributed by atoms with E-state index >= 15 is 0 Å². The van der Waals surface area contributed by atoms with Crippen LogP contribution in [0.25, 0.3) is 0 Å². The summed E-state index contributed by atoms with van der Waals surface area (Å²) in [7, 11) is 0. The van der Waals surface area contributed by atoms with Gasteiger partial charge in [0.05, 0.1) is 6.54 Å². The molecule has 0 bridgehead atoms. The van der Waals surface area contributed by atoms with Gasteiger partial charge in [-0.1, -0.05) is 27.8 Å².